The molecule has 0 saturated heterocycles. The van der Waals surface area contributed by atoms with Gasteiger partial charge in [-0.3, -0.25) is 9.89 Å². The number of carbonyl (C=O) groups excluding carboxylic acids is 1. The number of benzene rings is 2. The zero-order valence-corrected chi connectivity index (χ0v) is 13.3. The summed E-state index contributed by atoms with van der Waals surface area (Å²) in [5.41, 5.74) is 1.68. The highest BCUT2D eigenvalue weighted by Crippen LogP contribution is 2.26. The van der Waals surface area contributed by atoms with Gasteiger partial charge in [-0.15, -0.1) is 0 Å². The topological polar surface area (TPSA) is 71.1 Å². The van der Waals surface area contributed by atoms with E-state index in [-0.39, 0.29) is 18.3 Å². The van der Waals surface area contributed by atoms with Gasteiger partial charge < -0.3 is 9.64 Å². The molecule has 0 bridgehead atoms. The standard InChI is InChI=1S/C18H15FN4O2/c19-15-5-2-6-16-14(15)10-23(7-8-25-16)18(24)13-4-1-3-12(9-13)17-20-11-21-22-17/h1-6,9,11H,7-8,10H2,(H,20,21,22). The number of hydrogen-bond acceptors (Lipinski definition) is 4. The third-order valence-corrected chi connectivity index (χ3v) is 4.13. The van der Waals surface area contributed by atoms with Gasteiger partial charge in [0, 0.05) is 16.7 Å². The van der Waals surface area contributed by atoms with Gasteiger partial charge in [0.25, 0.3) is 5.91 Å². The van der Waals surface area contributed by atoms with Crippen LogP contribution in [0.4, 0.5) is 4.39 Å². The van der Waals surface area contributed by atoms with Crippen LogP contribution in [0, 0.1) is 5.82 Å². The number of aromatic amines is 1. The molecule has 0 spiro atoms. The van der Waals surface area contributed by atoms with Crippen molar-refractivity contribution in [1.82, 2.24) is 20.1 Å². The van der Waals surface area contributed by atoms with E-state index in [1.165, 1.54) is 12.4 Å². The summed E-state index contributed by atoms with van der Waals surface area (Å²) in [5, 5.41) is 6.59. The lowest BCUT2D eigenvalue weighted by Gasteiger charge is -2.20. The summed E-state index contributed by atoms with van der Waals surface area (Å²) >= 11 is 0. The summed E-state index contributed by atoms with van der Waals surface area (Å²) in [6, 6.07) is 11.8. The second-order valence-corrected chi connectivity index (χ2v) is 5.71. The van der Waals surface area contributed by atoms with Gasteiger partial charge in [0.15, 0.2) is 5.82 Å². The predicted molar refractivity (Wildman–Crippen MR) is 88.5 cm³/mol. The Morgan fingerprint density at radius 2 is 2.12 bits per heavy atom. The molecule has 1 aromatic heterocycles. The number of hydrogen-bond donors (Lipinski definition) is 1. The molecule has 126 valence electrons. The van der Waals surface area contributed by atoms with E-state index in [1.807, 2.05) is 6.07 Å². The van der Waals surface area contributed by atoms with Crippen molar-refractivity contribution in [2.24, 2.45) is 0 Å². The van der Waals surface area contributed by atoms with Crippen molar-refractivity contribution >= 4 is 5.91 Å². The van der Waals surface area contributed by atoms with Crippen molar-refractivity contribution < 1.29 is 13.9 Å². The Labute approximate surface area is 143 Å². The zero-order valence-electron chi connectivity index (χ0n) is 13.3. The summed E-state index contributed by atoms with van der Waals surface area (Å²) in [6.45, 7) is 0.886. The van der Waals surface area contributed by atoms with E-state index < -0.39 is 0 Å². The quantitative estimate of drug-likeness (QED) is 0.780. The third-order valence-electron chi connectivity index (χ3n) is 4.13. The Morgan fingerprint density at radius 3 is 2.96 bits per heavy atom. The second kappa shape index (κ2) is 6.35. The second-order valence-electron chi connectivity index (χ2n) is 5.71. The number of nitrogens with zero attached hydrogens (tertiary/aromatic N) is 3. The minimum atomic E-state index is -0.368. The minimum Gasteiger partial charge on any atom is -0.491 e. The number of nitrogens with one attached hydrogen (secondary N) is 1. The first-order valence-electron chi connectivity index (χ1n) is 7.87. The molecule has 0 fully saturated rings. The smallest absolute Gasteiger partial charge is 0.254 e. The Morgan fingerprint density at radius 1 is 1.24 bits per heavy atom. The van der Waals surface area contributed by atoms with Crippen molar-refractivity contribution in [3.63, 3.8) is 0 Å². The summed E-state index contributed by atoms with van der Waals surface area (Å²) in [4.78, 5) is 18.6. The lowest BCUT2D eigenvalue weighted by atomic mass is 10.1. The fraction of sp³-hybridized carbons (Fsp3) is 0.167. The Bertz CT molecular complexity index is 911. The lowest BCUT2D eigenvalue weighted by molar-refractivity contribution is 0.0732. The predicted octanol–water partition coefficient (Wildman–Crippen LogP) is 2.65. The van der Waals surface area contributed by atoms with E-state index in [9.17, 15) is 9.18 Å². The van der Waals surface area contributed by atoms with Gasteiger partial charge in [0.05, 0.1) is 13.1 Å². The lowest BCUT2D eigenvalue weighted by Crippen LogP contribution is -2.32. The molecule has 1 N–H and O–H groups in total. The summed E-state index contributed by atoms with van der Waals surface area (Å²) < 4.78 is 19.7. The maximum atomic E-state index is 14.1. The summed E-state index contributed by atoms with van der Waals surface area (Å²) in [7, 11) is 0. The first-order chi connectivity index (χ1) is 12.2. The maximum Gasteiger partial charge on any atom is 0.254 e. The molecular formula is C18H15FN4O2. The van der Waals surface area contributed by atoms with Gasteiger partial charge in [0.2, 0.25) is 0 Å². The first kappa shape index (κ1) is 15.3. The molecule has 1 aliphatic rings. The number of fused-ring (bicyclic) bond motifs is 1. The van der Waals surface area contributed by atoms with Gasteiger partial charge in [-0.25, -0.2) is 9.37 Å². The van der Waals surface area contributed by atoms with E-state index in [1.54, 1.807) is 35.2 Å². The molecule has 0 unspecified atom stereocenters. The van der Waals surface area contributed by atoms with Gasteiger partial charge >= 0.3 is 0 Å². The van der Waals surface area contributed by atoms with Gasteiger partial charge in [0.1, 0.15) is 24.5 Å². The average Bonchev–Trinajstić information content (AvgIpc) is 3.08. The zero-order chi connectivity index (χ0) is 17.2. The fourth-order valence-corrected chi connectivity index (χ4v) is 2.86. The molecule has 2 aromatic carbocycles. The van der Waals surface area contributed by atoms with Crippen LogP contribution in [0.3, 0.4) is 0 Å². The van der Waals surface area contributed by atoms with Crippen LogP contribution in [-0.4, -0.2) is 39.1 Å². The molecule has 3 aromatic rings. The number of amides is 1. The van der Waals surface area contributed by atoms with Gasteiger partial charge in [-0.05, 0) is 24.3 Å². The summed E-state index contributed by atoms with van der Waals surface area (Å²) in [6.07, 6.45) is 1.41. The number of aromatic nitrogens is 3. The van der Waals surface area contributed by atoms with E-state index in [0.717, 1.165) is 5.56 Å². The first-order valence-corrected chi connectivity index (χ1v) is 7.87. The van der Waals surface area contributed by atoms with Crippen LogP contribution < -0.4 is 4.74 Å². The van der Waals surface area contributed by atoms with E-state index in [2.05, 4.69) is 15.2 Å². The molecule has 1 aliphatic heterocycles. The SMILES string of the molecule is O=C(c1cccc(-c2ncn[nH]2)c1)N1CCOc2cccc(F)c2C1. The van der Waals surface area contributed by atoms with Crippen molar-refractivity contribution in [2.45, 2.75) is 6.54 Å². The van der Waals surface area contributed by atoms with Crippen LogP contribution in [0.1, 0.15) is 15.9 Å². The molecule has 25 heavy (non-hydrogen) atoms. The molecule has 4 rings (SSSR count). The molecule has 0 aliphatic carbocycles. The highest BCUT2D eigenvalue weighted by molar-refractivity contribution is 5.95. The Balaban J connectivity index is 1.63. The van der Waals surface area contributed by atoms with Crippen LogP contribution >= 0.6 is 0 Å². The van der Waals surface area contributed by atoms with E-state index in [0.29, 0.717) is 35.9 Å². The number of H-pyrrole nitrogens is 1. The molecule has 7 heteroatoms. The fourth-order valence-electron chi connectivity index (χ4n) is 2.86. The summed E-state index contributed by atoms with van der Waals surface area (Å²) in [5.74, 6) is 0.532. The minimum absolute atomic E-state index is 0.174. The number of carbonyl (C=O) groups is 1. The third kappa shape index (κ3) is 2.96. The molecule has 2 heterocycles. The van der Waals surface area contributed by atoms with E-state index in [4.69, 9.17) is 4.74 Å². The average molecular weight is 338 g/mol. The maximum absolute atomic E-state index is 14.1. The van der Waals surface area contributed by atoms with Crippen molar-refractivity contribution in [3.05, 3.63) is 65.7 Å². The molecule has 0 radical (unpaired) electrons. The number of rotatable bonds is 2. The normalized spacial score (nSPS) is 13.7. The molecule has 0 atom stereocenters. The van der Waals surface area contributed by atoms with Crippen molar-refractivity contribution in [2.75, 3.05) is 13.2 Å². The highest BCUT2D eigenvalue weighted by Gasteiger charge is 2.23. The van der Waals surface area contributed by atoms with Crippen LogP contribution in [0.5, 0.6) is 5.75 Å². The molecule has 6 nitrogen and oxygen atoms in total. The van der Waals surface area contributed by atoms with Crippen molar-refractivity contribution in [3.8, 4) is 17.1 Å². The monoisotopic (exact) mass is 338 g/mol. The van der Waals surface area contributed by atoms with Crippen LogP contribution in [-0.2, 0) is 6.54 Å². The van der Waals surface area contributed by atoms with Crippen molar-refractivity contribution in [1.29, 1.82) is 0 Å². The van der Waals surface area contributed by atoms with Crippen LogP contribution in [0.25, 0.3) is 11.4 Å². The van der Waals surface area contributed by atoms with E-state index >= 15 is 0 Å². The van der Waals surface area contributed by atoms with Gasteiger partial charge in [-0.2, -0.15) is 5.10 Å². The Hall–Kier alpha value is -3.22. The largest absolute Gasteiger partial charge is 0.491 e. The Kier molecular flexibility index (Phi) is 3.89. The number of ether oxygens (including phenoxy) is 1. The van der Waals surface area contributed by atoms with Crippen LogP contribution in [0.15, 0.2) is 48.8 Å². The number of halogens is 1. The molecule has 0 saturated carbocycles. The molecule has 1 amide bonds. The van der Waals surface area contributed by atoms with Gasteiger partial charge in [-0.1, -0.05) is 18.2 Å². The van der Waals surface area contributed by atoms with Crippen LogP contribution in [0.2, 0.25) is 0 Å². The molecular weight excluding hydrogens is 323 g/mol. The highest BCUT2D eigenvalue weighted by atomic mass is 19.1.